The van der Waals surface area contributed by atoms with E-state index < -0.39 is 11.2 Å². The van der Waals surface area contributed by atoms with Gasteiger partial charge in [0.2, 0.25) is 0 Å². The molecule has 6 atom stereocenters. The topological polar surface area (TPSA) is 57.5 Å². The highest BCUT2D eigenvalue weighted by Gasteiger charge is 2.65. The van der Waals surface area contributed by atoms with Gasteiger partial charge in [-0.05, 0) is 55.3 Å². The fourth-order valence-corrected chi connectivity index (χ4v) is 7.09. The zero-order valence-electron chi connectivity index (χ0n) is 14.0. The van der Waals surface area contributed by atoms with Crippen LogP contribution in [0, 0.1) is 34.5 Å². The van der Waals surface area contributed by atoms with Crippen LogP contribution in [0.25, 0.3) is 0 Å². The summed E-state index contributed by atoms with van der Waals surface area (Å²) in [5.74, 6) is 0.525. The molecule has 0 radical (unpaired) electrons. The fourth-order valence-electron chi connectivity index (χ4n) is 7.09. The van der Waals surface area contributed by atoms with Crippen molar-refractivity contribution in [3.63, 3.8) is 0 Å². The second kappa shape index (κ2) is 4.57. The van der Waals surface area contributed by atoms with Gasteiger partial charge >= 0.3 is 0 Å². The van der Waals surface area contributed by atoms with Crippen molar-refractivity contribution in [2.45, 2.75) is 77.4 Å². The molecule has 4 saturated carbocycles. The first-order valence-electron chi connectivity index (χ1n) is 9.27. The van der Waals surface area contributed by atoms with Crippen LogP contribution in [0.2, 0.25) is 0 Å². The molecule has 0 spiro atoms. The maximum absolute atomic E-state index is 12.8. The van der Waals surface area contributed by atoms with E-state index in [0.717, 1.165) is 25.7 Å². The van der Waals surface area contributed by atoms with Crippen LogP contribution in [0.15, 0.2) is 0 Å². The second-order valence-electron chi connectivity index (χ2n) is 9.16. The van der Waals surface area contributed by atoms with Crippen LogP contribution in [0.4, 0.5) is 0 Å². The molecule has 3 heteroatoms. The molecular formula is C19H30O3. The normalized spacial score (nSPS) is 53.5. The summed E-state index contributed by atoms with van der Waals surface area (Å²) in [6.07, 6.45) is 8.77. The average molecular weight is 306 g/mol. The zero-order valence-corrected chi connectivity index (χ0v) is 14.0. The predicted octanol–water partition coefficient (Wildman–Crippen LogP) is 3.28. The number of carbonyl (C=O) groups is 1. The molecule has 0 heterocycles. The van der Waals surface area contributed by atoms with Crippen LogP contribution in [0.5, 0.6) is 0 Å². The van der Waals surface area contributed by atoms with Gasteiger partial charge in [-0.1, -0.05) is 26.7 Å². The smallest absolute Gasteiger partial charge is 0.168 e. The second-order valence-corrected chi connectivity index (χ2v) is 9.16. The molecule has 4 aliphatic carbocycles. The number of aliphatic hydroxyl groups is 2. The maximum atomic E-state index is 12.8. The molecule has 0 bridgehead atoms. The highest BCUT2D eigenvalue weighted by Crippen LogP contribution is 2.67. The van der Waals surface area contributed by atoms with Crippen molar-refractivity contribution < 1.29 is 15.0 Å². The lowest BCUT2D eigenvalue weighted by molar-refractivity contribution is -0.250. The molecule has 22 heavy (non-hydrogen) atoms. The van der Waals surface area contributed by atoms with Gasteiger partial charge in [0.1, 0.15) is 5.78 Å². The molecule has 0 aliphatic heterocycles. The van der Waals surface area contributed by atoms with Crippen LogP contribution in [0.1, 0.15) is 71.6 Å². The standard InChI is InChI=1S/C19H30O3/c1-17-8-4-3-5-15(17)16(20)11-12-13(17)6-9-18(2)14(12)7-10-19(18,21)22/h12-15,21-22H,3-11H2,1-2H3/t12-,13-,14+,15?,17-,18+/m1/s1. The summed E-state index contributed by atoms with van der Waals surface area (Å²) >= 11 is 0. The Morgan fingerprint density at radius 2 is 1.68 bits per heavy atom. The van der Waals surface area contributed by atoms with Crippen molar-refractivity contribution in [3.8, 4) is 0 Å². The van der Waals surface area contributed by atoms with E-state index >= 15 is 0 Å². The summed E-state index contributed by atoms with van der Waals surface area (Å²) < 4.78 is 0. The van der Waals surface area contributed by atoms with Gasteiger partial charge in [-0.25, -0.2) is 0 Å². The van der Waals surface area contributed by atoms with Gasteiger partial charge in [0, 0.05) is 24.2 Å². The van der Waals surface area contributed by atoms with E-state index in [1.54, 1.807) is 0 Å². The Bertz CT molecular complexity index is 499. The Labute approximate surface area is 133 Å². The molecule has 0 aromatic rings. The minimum Gasteiger partial charge on any atom is -0.365 e. The Morgan fingerprint density at radius 3 is 2.45 bits per heavy atom. The Morgan fingerprint density at radius 1 is 0.955 bits per heavy atom. The summed E-state index contributed by atoms with van der Waals surface area (Å²) in [4.78, 5) is 12.8. The highest BCUT2D eigenvalue weighted by molar-refractivity contribution is 5.83. The van der Waals surface area contributed by atoms with Crippen molar-refractivity contribution in [2.75, 3.05) is 0 Å². The largest absolute Gasteiger partial charge is 0.365 e. The molecule has 124 valence electrons. The van der Waals surface area contributed by atoms with Gasteiger partial charge in [-0.3, -0.25) is 4.79 Å². The molecule has 0 aromatic heterocycles. The Balaban J connectivity index is 1.71. The average Bonchev–Trinajstić information content (AvgIpc) is 2.70. The summed E-state index contributed by atoms with van der Waals surface area (Å²) in [7, 11) is 0. The van der Waals surface area contributed by atoms with E-state index in [1.807, 2.05) is 0 Å². The van der Waals surface area contributed by atoms with E-state index in [0.29, 0.717) is 36.4 Å². The summed E-state index contributed by atoms with van der Waals surface area (Å²) in [6.45, 7) is 4.43. The predicted molar refractivity (Wildman–Crippen MR) is 83.9 cm³/mol. The van der Waals surface area contributed by atoms with Gasteiger partial charge in [0.15, 0.2) is 5.79 Å². The van der Waals surface area contributed by atoms with Crippen LogP contribution in [-0.2, 0) is 4.79 Å². The number of ketones is 1. The Kier molecular flexibility index (Phi) is 3.14. The molecular weight excluding hydrogens is 276 g/mol. The van der Waals surface area contributed by atoms with Crippen molar-refractivity contribution in [2.24, 2.45) is 34.5 Å². The van der Waals surface area contributed by atoms with E-state index in [-0.39, 0.29) is 11.3 Å². The third-order valence-corrected chi connectivity index (χ3v) is 8.47. The van der Waals surface area contributed by atoms with Crippen LogP contribution in [0.3, 0.4) is 0 Å². The fraction of sp³-hybridized carbons (Fsp3) is 0.947. The van der Waals surface area contributed by atoms with Crippen LogP contribution < -0.4 is 0 Å². The number of carbonyl (C=O) groups excluding carboxylic acids is 1. The van der Waals surface area contributed by atoms with E-state index in [2.05, 4.69) is 13.8 Å². The van der Waals surface area contributed by atoms with Gasteiger partial charge in [-0.2, -0.15) is 0 Å². The minimum absolute atomic E-state index is 0.176. The summed E-state index contributed by atoms with van der Waals surface area (Å²) in [5, 5.41) is 20.9. The number of fused-ring (bicyclic) bond motifs is 5. The molecule has 4 fully saturated rings. The summed E-state index contributed by atoms with van der Waals surface area (Å²) in [5.41, 5.74) is -0.234. The van der Waals surface area contributed by atoms with Crippen molar-refractivity contribution >= 4 is 5.78 Å². The van der Waals surface area contributed by atoms with E-state index in [4.69, 9.17) is 0 Å². The highest BCUT2D eigenvalue weighted by atomic mass is 16.5. The molecule has 1 unspecified atom stereocenters. The number of Topliss-reactive ketones (excluding diaryl/α,β-unsaturated/α-hetero) is 1. The van der Waals surface area contributed by atoms with Crippen molar-refractivity contribution in [3.05, 3.63) is 0 Å². The third kappa shape index (κ3) is 1.73. The maximum Gasteiger partial charge on any atom is 0.168 e. The molecule has 0 amide bonds. The van der Waals surface area contributed by atoms with Crippen LogP contribution in [-0.4, -0.2) is 21.8 Å². The van der Waals surface area contributed by atoms with Gasteiger partial charge < -0.3 is 10.2 Å². The first kappa shape index (κ1) is 15.1. The molecule has 3 nitrogen and oxygen atoms in total. The van der Waals surface area contributed by atoms with Crippen molar-refractivity contribution in [1.82, 2.24) is 0 Å². The quantitative estimate of drug-likeness (QED) is 0.675. The van der Waals surface area contributed by atoms with Crippen LogP contribution >= 0.6 is 0 Å². The van der Waals surface area contributed by atoms with Gasteiger partial charge in [0.05, 0.1) is 0 Å². The van der Waals surface area contributed by atoms with Gasteiger partial charge in [0.25, 0.3) is 0 Å². The lowest BCUT2D eigenvalue weighted by Crippen LogP contribution is -2.58. The molecule has 0 aromatic carbocycles. The first-order valence-corrected chi connectivity index (χ1v) is 9.27. The molecule has 4 rings (SSSR count). The van der Waals surface area contributed by atoms with E-state index in [9.17, 15) is 15.0 Å². The minimum atomic E-state index is -1.53. The monoisotopic (exact) mass is 306 g/mol. The number of rotatable bonds is 0. The number of hydrogen-bond donors (Lipinski definition) is 2. The van der Waals surface area contributed by atoms with Crippen molar-refractivity contribution in [1.29, 1.82) is 0 Å². The zero-order chi connectivity index (χ0) is 15.8. The Hall–Kier alpha value is -0.410. The van der Waals surface area contributed by atoms with Gasteiger partial charge in [-0.15, -0.1) is 0 Å². The number of hydrogen-bond acceptors (Lipinski definition) is 3. The molecule has 0 saturated heterocycles. The lowest BCUT2D eigenvalue weighted by atomic mass is 9.45. The third-order valence-electron chi connectivity index (χ3n) is 8.47. The molecule has 4 aliphatic rings. The summed E-state index contributed by atoms with van der Waals surface area (Å²) in [6, 6.07) is 0. The molecule has 2 N–H and O–H groups in total. The lowest BCUT2D eigenvalue weighted by Gasteiger charge is -2.59. The SMILES string of the molecule is C[C@]12CCCCC1C(=O)C[C@@H]1[C@H]2CC[C@@]2(C)[C@H]1CCC2(O)O. The first-order chi connectivity index (χ1) is 10.3. The van der Waals surface area contributed by atoms with E-state index in [1.165, 1.54) is 19.3 Å².